The van der Waals surface area contributed by atoms with E-state index in [9.17, 15) is 9.46 Å². The van der Waals surface area contributed by atoms with E-state index in [1.54, 1.807) is 6.92 Å². The Morgan fingerprint density at radius 2 is 1.84 bits per heavy atom. The van der Waals surface area contributed by atoms with E-state index in [1.807, 2.05) is 13.8 Å². The second-order valence-corrected chi connectivity index (χ2v) is 11.9. The topological polar surface area (TPSA) is 111 Å². The predicted molar refractivity (Wildman–Crippen MR) is 124 cm³/mol. The van der Waals surface area contributed by atoms with Gasteiger partial charge in [-0.15, -0.1) is 0 Å². The molecule has 0 amide bonds. The van der Waals surface area contributed by atoms with Crippen LogP contribution in [0.1, 0.15) is 63.5 Å². The Morgan fingerprint density at radius 3 is 2.48 bits per heavy atom. The van der Waals surface area contributed by atoms with Crippen LogP contribution in [-0.4, -0.2) is 38.5 Å². The van der Waals surface area contributed by atoms with Crippen LogP contribution in [0.25, 0.3) is 0 Å². The zero-order valence-electron chi connectivity index (χ0n) is 18.4. The highest BCUT2D eigenvalue weighted by Crippen LogP contribution is 2.47. The van der Waals surface area contributed by atoms with Crippen LogP contribution in [0.5, 0.6) is 5.88 Å². The van der Waals surface area contributed by atoms with Crippen molar-refractivity contribution < 1.29 is 14.2 Å². The molecule has 3 N–H and O–H groups in total. The fourth-order valence-corrected chi connectivity index (χ4v) is 6.06. The maximum atomic E-state index is 12.1. The maximum absolute atomic E-state index is 12.1. The number of aromatic nitrogens is 2. The number of nitrogens with zero attached hydrogens (tertiary/aromatic N) is 3. The summed E-state index contributed by atoms with van der Waals surface area (Å²) in [6.45, 7) is 5.74. The van der Waals surface area contributed by atoms with Crippen molar-refractivity contribution in [1.82, 2.24) is 9.97 Å². The first-order valence-corrected chi connectivity index (χ1v) is 13.0. The van der Waals surface area contributed by atoms with Gasteiger partial charge in [0.2, 0.25) is 13.2 Å². The van der Waals surface area contributed by atoms with E-state index < -0.39 is 13.0 Å². The molecule has 8 heteroatoms. The molecule has 1 unspecified atom stereocenters. The summed E-state index contributed by atoms with van der Waals surface area (Å²) in [4.78, 5) is 22.9. The molecule has 2 aromatic rings. The van der Waals surface area contributed by atoms with Crippen LogP contribution >= 0.6 is 7.37 Å². The molecule has 1 aromatic heterocycles. The number of anilines is 1. The zero-order valence-corrected chi connectivity index (χ0v) is 19.3. The molecular weight excluding hydrogens is 411 g/mol. The predicted octanol–water partition coefficient (Wildman–Crippen LogP) is 4.91. The minimum absolute atomic E-state index is 0.307. The molecule has 1 atom stereocenters. The Morgan fingerprint density at radius 1 is 1.16 bits per heavy atom. The van der Waals surface area contributed by atoms with Gasteiger partial charge in [0.15, 0.2) is 11.5 Å². The quantitative estimate of drug-likeness (QED) is 0.636. The summed E-state index contributed by atoms with van der Waals surface area (Å²) in [6, 6.07) is 8.52. The summed E-state index contributed by atoms with van der Waals surface area (Å²) < 4.78 is 18.1. The molecule has 1 aromatic carbocycles. The van der Waals surface area contributed by atoms with Crippen molar-refractivity contribution >= 4 is 24.6 Å². The minimum atomic E-state index is -2.94. The van der Waals surface area contributed by atoms with Gasteiger partial charge in [-0.1, -0.05) is 31.2 Å². The number of fused-ring (bicyclic) bond motifs is 1. The third-order valence-electron chi connectivity index (χ3n) is 6.50. The lowest BCUT2D eigenvalue weighted by atomic mass is 9.79. The molecular formula is C23H31N4O3P. The first-order valence-electron chi connectivity index (χ1n) is 11.0. The van der Waals surface area contributed by atoms with Gasteiger partial charge in [0, 0.05) is 17.9 Å². The molecule has 0 spiro atoms. The lowest BCUT2D eigenvalue weighted by Gasteiger charge is -2.32. The van der Waals surface area contributed by atoms with Gasteiger partial charge in [0.25, 0.3) is 0 Å². The van der Waals surface area contributed by atoms with E-state index in [1.165, 1.54) is 11.9 Å². The van der Waals surface area contributed by atoms with E-state index in [4.69, 9.17) is 15.5 Å². The van der Waals surface area contributed by atoms with Crippen molar-refractivity contribution in [3.05, 3.63) is 41.7 Å². The number of rotatable bonds is 5. The molecule has 1 saturated carbocycles. The highest BCUT2D eigenvalue weighted by atomic mass is 31.2. The van der Waals surface area contributed by atoms with Gasteiger partial charge in [-0.3, -0.25) is 4.57 Å². The lowest BCUT2D eigenvalue weighted by molar-refractivity contribution is 0.171. The Labute approximate surface area is 183 Å². The fraction of sp³-hybridized carbons (Fsp3) is 0.522. The lowest BCUT2D eigenvalue weighted by Crippen LogP contribution is -2.41. The van der Waals surface area contributed by atoms with Gasteiger partial charge < -0.3 is 15.4 Å². The van der Waals surface area contributed by atoms with Crippen molar-refractivity contribution in [2.45, 2.75) is 58.0 Å². The molecule has 0 bridgehead atoms. The minimum Gasteiger partial charge on any atom is -0.463 e. The molecule has 1 fully saturated rings. The number of nitrogen functional groups attached to an aromatic ring is 1. The smallest absolute Gasteiger partial charge is 0.246 e. The SMILES string of the molecule is CCP(=O)(O)CC1CCC(c2ccc(C3=Nc4c(N)ncnc4OC3(C)C)cc2)CC1. The number of hydrogen-bond donors (Lipinski definition) is 2. The largest absolute Gasteiger partial charge is 0.463 e. The first kappa shape index (κ1) is 22.0. The number of aliphatic imine (C=N–C) groups is 1. The second-order valence-electron chi connectivity index (χ2n) is 9.17. The Bertz CT molecular complexity index is 1030. The van der Waals surface area contributed by atoms with Gasteiger partial charge in [0.1, 0.15) is 11.9 Å². The molecule has 4 rings (SSSR count). The Balaban J connectivity index is 1.49. The van der Waals surface area contributed by atoms with Crippen LogP contribution in [0.15, 0.2) is 35.6 Å². The first-order chi connectivity index (χ1) is 14.7. The van der Waals surface area contributed by atoms with Gasteiger partial charge in [-0.2, -0.15) is 4.98 Å². The van der Waals surface area contributed by atoms with Crippen LogP contribution in [0, 0.1) is 5.92 Å². The van der Waals surface area contributed by atoms with Crippen LogP contribution < -0.4 is 10.5 Å². The van der Waals surface area contributed by atoms with Crippen molar-refractivity contribution in [2.24, 2.45) is 10.9 Å². The van der Waals surface area contributed by atoms with Gasteiger partial charge in [-0.25, -0.2) is 9.98 Å². The number of benzene rings is 1. The van der Waals surface area contributed by atoms with E-state index in [-0.39, 0.29) is 0 Å². The third-order valence-corrected chi connectivity index (χ3v) is 8.58. The second kappa shape index (κ2) is 8.36. The van der Waals surface area contributed by atoms with Gasteiger partial charge in [-0.05, 0) is 56.9 Å². The summed E-state index contributed by atoms with van der Waals surface area (Å²) in [5, 5.41) is 0. The molecule has 0 saturated heterocycles. The molecule has 31 heavy (non-hydrogen) atoms. The van der Waals surface area contributed by atoms with Crippen molar-refractivity contribution in [2.75, 3.05) is 18.1 Å². The fourth-order valence-electron chi connectivity index (χ4n) is 4.63. The van der Waals surface area contributed by atoms with E-state index >= 15 is 0 Å². The summed E-state index contributed by atoms with van der Waals surface area (Å²) >= 11 is 0. The number of nitrogens with two attached hydrogens (primary N) is 1. The van der Waals surface area contributed by atoms with Crippen LogP contribution in [0.3, 0.4) is 0 Å². The molecule has 1 aliphatic carbocycles. The van der Waals surface area contributed by atoms with Crippen LogP contribution in [-0.2, 0) is 4.57 Å². The normalized spacial score (nSPS) is 24.5. The summed E-state index contributed by atoms with van der Waals surface area (Å²) in [5.74, 6) is 1.58. The molecule has 2 heterocycles. The molecule has 2 aliphatic rings. The Kier molecular flexibility index (Phi) is 5.93. The van der Waals surface area contributed by atoms with Crippen molar-refractivity contribution in [3.63, 3.8) is 0 Å². The monoisotopic (exact) mass is 442 g/mol. The summed E-state index contributed by atoms with van der Waals surface area (Å²) in [7, 11) is -2.94. The van der Waals surface area contributed by atoms with E-state index in [2.05, 4.69) is 34.2 Å². The summed E-state index contributed by atoms with van der Waals surface area (Å²) in [6.07, 6.45) is 6.38. The highest BCUT2D eigenvalue weighted by molar-refractivity contribution is 7.57. The molecule has 166 valence electrons. The molecule has 0 radical (unpaired) electrons. The van der Waals surface area contributed by atoms with Gasteiger partial charge >= 0.3 is 0 Å². The summed E-state index contributed by atoms with van der Waals surface area (Å²) in [5.41, 5.74) is 8.92. The van der Waals surface area contributed by atoms with Crippen LogP contribution in [0.2, 0.25) is 0 Å². The molecule has 1 aliphatic heterocycles. The molecule has 7 nitrogen and oxygen atoms in total. The standard InChI is InChI=1S/C23H31N4O3P/c1-4-31(28,29)13-15-5-7-16(8-6-15)17-9-11-18(12-10-17)20-23(2,3)30-22-19(27-20)21(24)25-14-26-22/h9-12,14-16H,4-8,13H2,1-3H3,(H,28,29)(H2,24,25,26). The van der Waals surface area contributed by atoms with Crippen molar-refractivity contribution in [3.8, 4) is 5.88 Å². The third kappa shape index (κ3) is 4.68. The Hall–Kier alpha value is -2.24. The number of ether oxygens (including phenoxy) is 1. The van der Waals surface area contributed by atoms with E-state index in [0.717, 1.165) is 37.0 Å². The van der Waals surface area contributed by atoms with Crippen molar-refractivity contribution in [1.29, 1.82) is 0 Å². The average Bonchev–Trinajstić information content (AvgIpc) is 2.73. The van der Waals surface area contributed by atoms with Crippen LogP contribution in [0.4, 0.5) is 11.5 Å². The number of hydrogen-bond acceptors (Lipinski definition) is 6. The maximum Gasteiger partial charge on any atom is 0.246 e. The zero-order chi connectivity index (χ0) is 22.2. The van der Waals surface area contributed by atoms with E-state index in [0.29, 0.717) is 41.5 Å². The van der Waals surface area contributed by atoms with Gasteiger partial charge in [0.05, 0.1) is 5.71 Å². The highest BCUT2D eigenvalue weighted by Gasteiger charge is 2.35. The average molecular weight is 443 g/mol.